The second kappa shape index (κ2) is 11.6. The lowest BCUT2D eigenvalue weighted by molar-refractivity contribution is -0.124. The Labute approximate surface area is 190 Å². The van der Waals surface area contributed by atoms with Crippen molar-refractivity contribution in [1.29, 1.82) is 0 Å². The first kappa shape index (κ1) is 23.0. The number of methoxy groups -OCH3 is 1. The highest BCUT2D eigenvalue weighted by Crippen LogP contribution is 2.32. The van der Waals surface area contributed by atoms with E-state index in [9.17, 15) is 14.4 Å². The molecule has 1 aliphatic heterocycles. The Morgan fingerprint density at radius 2 is 1.87 bits per heavy atom. The molecule has 1 saturated heterocycles. The van der Waals surface area contributed by atoms with Gasteiger partial charge in [0.15, 0.2) is 0 Å². The van der Waals surface area contributed by atoms with Crippen LogP contribution in [0.2, 0.25) is 0 Å². The summed E-state index contributed by atoms with van der Waals surface area (Å²) in [6, 6.07) is 17.3. The minimum absolute atomic E-state index is 0.0746. The first-order valence-electron chi connectivity index (χ1n) is 9.91. The van der Waals surface area contributed by atoms with E-state index in [0.29, 0.717) is 11.3 Å². The zero-order valence-electron chi connectivity index (χ0n) is 17.2. The molecule has 1 aliphatic rings. The molecule has 3 rings (SSSR count). The second-order valence-corrected chi connectivity index (χ2v) is 8.88. The number of hydrogen-bond acceptors (Lipinski definition) is 6. The molecule has 0 bridgehead atoms. The Bertz CT molecular complexity index is 946. The van der Waals surface area contributed by atoms with Gasteiger partial charge in [-0.05, 0) is 59.8 Å². The number of imide groups is 1. The van der Waals surface area contributed by atoms with Crippen LogP contribution in [-0.4, -0.2) is 47.9 Å². The first-order valence-corrected chi connectivity index (χ1v) is 11.7. The van der Waals surface area contributed by atoms with Gasteiger partial charge in [0.2, 0.25) is 5.91 Å². The maximum atomic E-state index is 12.5. The van der Waals surface area contributed by atoms with E-state index in [2.05, 4.69) is 5.32 Å². The van der Waals surface area contributed by atoms with E-state index in [-0.39, 0.29) is 30.1 Å². The van der Waals surface area contributed by atoms with Gasteiger partial charge in [0.25, 0.3) is 11.1 Å². The van der Waals surface area contributed by atoms with Crippen molar-refractivity contribution < 1.29 is 19.1 Å². The van der Waals surface area contributed by atoms with Crippen LogP contribution < -0.4 is 10.1 Å². The van der Waals surface area contributed by atoms with Crippen LogP contribution in [0.3, 0.4) is 0 Å². The van der Waals surface area contributed by atoms with Crippen molar-refractivity contribution >= 4 is 46.7 Å². The molecule has 31 heavy (non-hydrogen) atoms. The predicted octanol–water partition coefficient (Wildman–Crippen LogP) is 4.42. The summed E-state index contributed by atoms with van der Waals surface area (Å²) in [5.41, 5.74) is 0.813. The normalized spacial score (nSPS) is 14.9. The quantitative estimate of drug-likeness (QED) is 0.324. The fourth-order valence-electron chi connectivity index (χ4n) is 2.88. The van der Waals surface area contributed by atoms with Crippen molar-refractivity contribution in [3.05, 3.63) is 65.1 Å². The van der Waals surface area contributed by atoms with Gasteiger partial charge in [-0.1, -0.05) is 30.3 Å². The monoisotopic (exact) mass is 456 g/mol. The van der Waals surface area contributed by atoms with Crippen molar-refractivity contribution in [2.24, 2.45) is 0 Å². The number of benzene rings is 2. The molecule has 0 aromatic heterocycles. The SMILES string of the molecule is COc1ccc(C=C2SC(=O)N(CCNC(=O)CCCSc3ccccc3)C2=O)cc1. The van der Waals surface area contributed by atoms with Gasteiger partial charge < -0.3 is 10.1 Å². The molecule has 0 saturated carbocycles. The summed E-state index contributed by atoms with van der Waals surface area (Å²) < 4.78 is 5.12. The molecular formula is C23H24N2O4S2. The van der Waals surface area contributed by atoms with Gasteiger partial charge in [0.1, 0.15) is 5.75 Å². The molecule has 0 unspecified atom stereocenters. The van der Waals surface area contributed by atoms with E-state index in [1.54, 1.807) is 37.1 Å². The van der Waals surface area contributed by atoms with E-state index in [1.165, 1.54) is 9.80 Å². The van der Waals surface area contributed by atoms with Gasteiger partial charge in [0.05, 0.1) is 12.0 Å². The van der Waals surface area contributed by atoms with Gasteiger partial charge in [-0.15, -0.1) is 11.8 Å². The van der Waals surface area contributed by atoms with Crippen molar-refractivity contribution in [3.8, 4) is 5.75 Å². The third-order valence-electron chi connectivity index (χ3n) is 4.50. The number of ether oxygens (including phenoxy) is 1. The zero-order chi connectivity index (χ0) is 22.1. The lowest BCUT2D eigenvalue weighted by Gasteiger charge is -2.13. The number of nitrogens with one attached hydrogen (secondary N) is 1. The maximum absolute atomic E-state index is 12.5. The van der Waals surface area contributed by atoms with Crippen LogP contribution in [0.5, 0.6) is 5.75 Å². The maximum Gasteiger partial charge on any atom is 0.293 e. The largest absolute Gasteiger partial charge is 0.497 e. The average Bonchev–Trinajstić information content (AvgIpc) is 3.05. The molecule has 0 spiro atoms. The van der Waals surface area contributed by atoms with Crippen molar-refractivity contribution in [3.63, 3.8) is 0 Å². The molecule has 1 N–H and O–H groups in total. The standard InChI is InChI=1S/C23H24N2O4S2/c1-29-18-11-9-17(10-12-18)16-20-22(27)25(23(28)31-20)14-13-24-21(26)8-5-15-30-19-6-3-2-4-7-19/h2-4,6-7,9-12,16H,5,8,13-15H2,1H3,(H,24,26). The number of thioether (sulfide) groups is 2. The number of carbonyl (C=O) groups excluding carboxylic acids is 3. The van der Waals surface area contributed by atoms with E-state index < -0.39 is 0 Å². The van der Waals surface area contributed by atoms with Crippen LogP contribution in [-0.2, 0) is 9.59 Å². The van der Waals surface area contributed by atoms with E-state index >= 15 is 0 Å². The topological polar surface area (TPSA) is 75.7 Å². The van der Waals surface area contributed by atoms with Crippen molar-refractivity contribution in [1.82, 2.24) is 10.2 Å². The minimum atomic E-state index is -0.334. The smallest absolute Gasteiger partial charge is 0.293 e. The number of hydrogen-bond donors (Lipinski definition) is 1. The van der Waals surface area contributed by atoms with E-state index in [0.717, 1.165) is 35.2 Å². The molecule has 0 atom stereocenters. The third-order valence-corrected chi connectivity index (χ3v) is 6.51. The van der Waals surface area contributed by atoms with Gasteiger partial charge in [-0.25, -0.2) is 0 Å². The van der Waals surface area contributed by atoms with Crippen LogP contribution in [0.15, 0.2) is 64.4 Å². The Morgan fingerprint density at radius 1 is 1.13 bits per heavy atom. The Hall–Kier alpha value is -2.71. The van der Waals surface area contributed by atoms with Gasteiger partial charge >= 0.3 is 0 Å². The van der Waals surface area contributed by atoms with Crippen LogP contribution >= 0.6 is 23.5 Å². The highest BCUT2D eigenvalue weighted by atomic mass is 32.2. The van der Waals surface area contributed by atoms with Gasteiger partial charge in [-0.2, -0.15) is 0 Å². The molecule has 1 fully saturated rings. The second-order valence-electron chi connectivity index (χ2n) is 6.72. The Morgan fingerprint density at radius 3 is 2.58 bits per heavy atom. The van der Waals surface area contributed by atoms with Crippen LogP contribution in [0, 0.1) is 0 Å². The number of rotatable bonds is 10. The summed E-state index contributed by atoms with van der Waals surface area (Å²) in [6.45, 7) is 0.410. The molecule has 3 amide bonds. The fourth-order valence-corrected chi connectivity index (χ4v) is 4.62. The molecule has 1 heterocycles. The van der Waals surface area contributed by atoms with Crippen molar-refractivity contribution in [2.75, 3.05) is 26.0 Å². The number of amides is 3. The molecule has 6 nitrogen and oxygen atoms in total. The average molecular weight is 457 g/mol. The molecule has 2 aromatic carbocycles. The molecule has 162 valence electrons. The summed E-state index contributed by atoms with van der Waals surface area (Å²) >= 11 is 2.63. The van der Waals surface area contributed by atoms with E-state index in [4.69, 9.17) is 4.74 Å². The zero-order valence-corrected chi connectivity index (χ0v) is 18.8. The molecule has 2 aromatic rings. The highest BCUT2D eigenvalue weighted by molar-refractivity contribution is 8.18. The highest BCUT2D eigenvalue weighted by Gasteiger charge is 2.34. The summed E-state index contributed by atoms with van der Waals surface area (Å²) in [5.74, 6) is 1.17. The van der Waals surface area contributed by atoms with Crippen LogP contribution in [0.1, 0.15) is 18.4 Å². The van der Waals surface area contributed by atoms with Crippen LogP contribution in [0.4, 0.5) is 4.79 Å². The molecule has 8 heteroatoms. The first-order chi connectivity index (χ1) is 15.1. The summed E-state index contributed by atoms with van der Waals surface area (Å²) in [6.07, 6.45) is 2.87. The lowest BCUT2D eigenvalue weighted by Crippen LogP contribution is -2.37. The Kier molecular flexibility index (Phi) is 8.61. The number of carbonyl (C=O) groups is 3. The molecule has 0 radical (unpaired) electrons. The molecule has 0 aliphatic carbocycles. The van der Waals surface area contributed by atoms with Crippen molar-refractivity contribution in [2.45, 2.75) is 17.7 Å². The summed E-state index contributed by atoms with van der Waals surface area (Å²) in [4.78, 5) is 39.5. The number of nitrogens with zero attached hydrogens (tertiary/aromatic N) is 1. The van der Waals surface area contributed by atoms with E-state index in [1.807, 2.05) is 42.5 Å². The minimum Gasteiger partial charge on any atom is -0.497 e. The fraction of sp³-hybridized carbons (Fsp3) is 0.261. The third kappa shape index (κ3) is 6.90. The van der Waals surface area contributed by atoms with Gasteiger partial charge in [0, 0.05) is 24.4 Å². The lowest BCUT2D eigenvalue weighted by atomic mass is 10.2. The summed E-state index contributed by atoms with van der Waals surface area (Å²) in [7, 11) is 1.59. The molecular weight excluding hydrogens is 432 g/mol. The Balaban J connectivity index is 1.39. The van der Waals surface area contributed by atoms with Crippen LogP contribution in [0.25, 0.3) is 6.08 Å². The predicted molar refractivity (Wildman–Crippen MR) is 125 cm³/mol. The van der Waals surface area contributed by atoms with Gasteiger partial charge in [-0.3, -0.25) is 19.3 Å². The summed E-state index contributed by atoms with van der Waals surface area (Å²) in [5, 5.41) is 2.47.